The summed E-state index contributed by atoms with van der Waals surface area (Å²) < 4.78 is 5.40. The van der Waals surface area contributed by atoms with Crippen molar-refractivity contribution in [1.82, 2.24) is 15.7 Å². The normalized spacial score (nSPS) is 16.5. The summed E-state index contributed by atoms with van der Waals surface area (Å²) in [6.07, 6.45) is 1.53. The zero-order chi connectivity index (χ0) is 27.1. The number of amides is 3. The van der Waals surface area contributed by atoms with Crippen molar-refractivity contribution in [2.75, 3.05) is 20.2 Å². The summed E-state index contributed by atoms with van der Waals surface area (Å²) in [5, 5.41) is 22.2. The van der Waals surface area contributed by atoms with Gasteiger partial charge in [0.1, 0.15) is 11.6 Å². The lowest BCUT2D eigenvalue weighted by Gasteiger charge is -2.27. The molecule has 0 saturated carbocycles. The monoisotopic (exact) mass is 530 g/mol. The van der Waals surface area contributed by atoms with E-state index in [1.165, 1.54) is 13.2 Å². The lowest BCUT2D eigenvalue weighted by molar-refractivity contribution is -0.131. The number of nitrogens with one attached hydrogen (secondary N) is 2. The number of hydrogen-bond donors (Lipinski definition) is 4. The van der Waals surface area contributed by atoms with Crippen LogP contribution in [0.25, 0.3) is 0 Å². The molecule has 1 aliphatic heterocycles. The number of carboxylic acid groups (broad SMARTS) is 1. The van der Waals surface area contributed by atoms with Crippen LogP contribution < -0.4 is 15.5 Å². The molecule has 1 heterocycles. The van der Waals surface area contributed by atoms with Gasteiger partial charge in [-0.25, -0.2) is 9.59 Å². The van der Waals surface area contributed by atoms with Crippen LogP contribution in [0.3, 0.4) is 0 Å². The summed E-state index contributed by atoms with van der Waals surface area (Å²) in [5.74, 6) is -1.55. The van der Waals surface area contributed by atoms with Gasteiger partial charge in [-0.3, -0.25) is 25.4 Å². The van der Waals surface area contributed by atoms with Crippen LogP contribution >= 0.6 is 11.6 Å². The van der Waals surface area contributed by atoms with E-state index in [-0.39, 0.29) is 30.9 Å². The minimum absolute atomic E-state index is 0.0510. The Labute approximate surface area is 220 Å². The number of imide groups is 1. The number of aliphatic imine (C=N–C) groups is 1. The van der Waals surface area contributed by atoms with Gasteiger partial charge in [-0.1, -0.05) is 37.1 Å². The highest BCUT2D eigenvalue weighted by Crippen LogP contribution is 2.27. The van der Waals surface area contributed by atoms with Crippen molar-refractivity contribution < 1.29 is 29.4 Å². The molecule has 2 aromatic carbocycles. The Bertz CT molecular complexity index is 1200. The highest BCUT2D eigenvalue weighted by atomic mass is 35.5. The standard InChI is InChI=1S/C26H31ClN4O6/c1-4-5-21(16-6-8-20(25(33)34)15(2)10-16)29-26(35)31-14-23(30-36)28-13-18(24(31)32)11-17-12-19(27)7-9-22(17)37-3/h6-10,12,18,21,36H,4-5,11,13-14H2,1-3H3,(H,28,30)(H,29,35)(H,33,34)/t18-,21+/m0/s1. The van der Waals surface area contributed by atoms with E-state index in [1.54, 1.807) is 37.3 Å². The van der Waals surface area contributed by atoms with Gasteiger partial charge in [-0.05, 0) is 60.7 Å². The number of methoxy groups -OCH3 is 1. The Hall–Kier alpha value is -3.63. The summed E-state index contributed by atoms with van der Waals surface area (Å²) in [6, 6.07) is 8.90. The molecule has 3 rings (SSSR count). The van der Waals surface area contributed by atoms with E-state index >= 15 is 0 Å². The molecule has 0 saturated heterocycles. The average molecular weight is 531 g/mol. The molecule has 0 aliphatic carbocycles. The van der Waals surface area contributed by atoms with Gasteiger partial charge in [-0.15, -0.1) is 0 Å². The number of carbonyl (C=O) groups is 3. The van der Waals surface area contributed by atoms with Crippen LogP contribution in [0.2, 0.25) is 5.02 Å². The highest BCUT2D eigenvalue weighted by molar-refractivity contribution is 6.30. The fourth-order valence-corrected chi connectivity index (χ4v) is 4.54. The number of hydroxylamine groups is 1. The maximum absolute atomic E-state index is 13.5. The maximum Gasteiger partial charge on any atom is 0.335 e. The molecular formula is C26H31ClN4O6. The molecule has 2 atom stereocenters. The molecule has 0 bridgehead atoms. The highest BCUT2D eigenvalue weighted by Gasteiger charge is 2.34. The SMILES string of the molecule is CCC[C@@H](NC(=O)N1CC(NO)=NC[C@H](Cc2cc(Cl)ccc2OC)C1=O)c1ccc(C(=O)O)c(C)c1. The number of aryl methyl sites for hydroxylation is 1. The second-order valence-corrected chi connectivity index (χ2v) is 9.29. The molecular weight excluding hydrogens is 500 g/mol. The van der Waals surface area contributed by atoms with E-state index in [0.717, 1.165) is 16.9 Å². The second kappa shape index (κ2) is 12.6. The number of carboxylic acids is 1. The number of hydrogen-bond acceptors (Lipinski definition) is 7. The van der Waals surface area contributed by atoms with Gasteiger partial charge in [0, 0.05) is 5.02 Å². The molecule has 11 heteroatoms. The molecule has 37 heavy (non-hydrogen) atoms. The number of halogens is 1. The average Bonchev–Trinajstić information content (AvgIpc) is 3.02. The topological polar surface area (TPSA) is 141 Å². The number of amidine groups is 1. The van der Waals surface area contributed by atoms with Gasteiger partial charge in [0.05, 0.1) is 37.7 Å². The number of aromatic carboxylic acids is 1. The number of nitrogens with zero attached hydrogens (tertiary/aromatic N) is 2. The smallest absolute Gasteiger partial charge is 0.335 e. The summed E-state index contributed by atoms with van der Waals surface area (Å²) >= 11 is 6.15. The Morgan fingerprint density at radius 3 is 2.65 bits per heavy atom. The molecule has 0 radical (unpaired) electrons. The van der Waals surface area contributed by atoms with Crippen molar-refractivity contribution >= 4 is 35.3 Å². The Balaban J connectivity index is 1.86. The quantitative estimate of drug-likeness (QED) is 0.378. The predicted octanol–water partition coefficient (Wildman–Crippen LogP) is 3.98. The third-order valence-corrected chi connectivity index (χ3v) is 6.50. The molecule has 2 aromatic rings. The van der Waals surface area contributed by atoms with E-state index in [9.17, 15) is 24.7 Å². The third kappa shape index (κ3) is 6.78. The van der Waals surface area contributed by atoms with Crippen LogP contribution in [0.5, 0.6) is 5.75 Å². The number of rotatable bonds is 8. The van der Waals surface area contributed by atoms with E-state index in [0.29, 0.717) is 28.3 Å². The van der Waals surface area contributed by atoms with E-state index < -0.39 is 29.9 Å². The van der Waals surface area contributed by atoms with Crippen molar-refractivity contribution in [3.8, 4) is 5.75 Å². The van der Waals surface area contributed by atoms with Gasteiger partial charge in [0.15, 0.2) is 0 Å². The zero-order valence-electron chi connectivity index (χ0n) is 21.0. The van der Waals surface area contributed by atoms with Crippen molar-refractivity contribution in [2.24, 2.45) is 10.9 Å². The molecule has 0 spiro atoms. The lowest BCUT2D eigenvalue weighted by atomic mass is 9.97. The predicted molar refractivity (Wildman–Crippen MR) is 138 cm³/mol. The first-order chi connectivity index (χ1) is 17.7. The van der Waals surface area contributed by atoms with E-state index in [2.05, 4.69) is 10.3 Å². The van der Waals surface area contributed by atoms with Crippen molar-refractivity contribution in [2.45, 2.75) is 39.2 Å². The fraction of sp³-hybridized carbons (Fsp3) is 0.385. The zero-order valence-corrected chi connectivity index (χ0v) is 21.7. The van der Waals surface area contributed by atoms with Crippen LogP contribution in [0.15, 0.2) is 41.4 Å². The Kier molecular flexibility index (Phi) is 9.48. The van der Waals surface area contributed by atoms with Gasteiger partial charge < -0.3 is 15.2 Å². The Morgan fingerprint density at radius 2 is 2.03 bits per heavy atom. The van der Waals surface area contributed by atoms with Gasteiger partial charge in [0.2, 0.25) is 5.91 Å². The van der Waals surface area contributed by atoms with Crippen LogP contribution in [-0.2, 0) is 11.2 Å². The van der Waals surface area contributed by atoms with Crippen molar-refractivity contribution in [1.29, 1.82) is 0 Å². The minimum Gasteiger partial charge on any atom is -0.496 e. The summed E-state index contributed by atoms with van der Waals surface area (Å²) in [4.78, 5) is 43.6. The molecule has 0 fully saturated rings. The first-order valence-electron chi connectivity index (χ1n) is 11.9. The van der Waals surface area contributed by atoms with E-state index in [1.807, 2.05) is 12.4 Å². The molecule has 0 aromatic heterocycles. The lowest BCUT2D eigenvalue weighted by Crippen LogP contribution is -2.50. The number of carbonyl (C=O) groups excluding carboxylic acids is 2. The van der Waals surface area contributed by atoms with Crippen LogP contribution in [0.4, 0.5) is 4.79 Å². The first-order valence-corrected chi connectivity index (χ1v) is 12.3. The number of urea groups is 1. The number of benzene rings is 2. The molecule has 10 nitrogen and oxygen atoms in total. The van der Waals surface area contributed by atoms with Gasteiger partial charge >= 0.3 is 12.0 Å². The fourth-order valence-electron chi connectivity index (χ4n) is 4.34. The first kappa shape index (κ1) is 27.9. The third-order valence-electron chi connectivity index (χ3n) is 6.27. The second-order valence-electron chi connectivity index (χ2n) is 8.85. The van der Waals surface area contributed by atoms with Gasteiger partial charge in [-0.2, -0.15) is 0 Å². The number of ether oxygens (including phenoxy) is 1. The van der Waals surface area contributed by atoms with Crippen molar-refractivity contribution in [3.05, 3.63) is 63.7 Å². The van der Waals surface area contributed by atoms with Gasteiger partial charge in [0.25, 0.3) is 0 Å². The maximum atomic E-state index is 13.5. The molecule has 0 unspecified atom stereocenters. The van der Waals surface area contributed by atoms with Crippen LogP contribution in [0, 0.1) is 12.8 Å². The molecule has 4 N–H and O–H groups in total. The van der Waals surface area contributed by atoms with Crippen LogP contribution in [0.1, 0.15) is 52.9 Å². The molecule has 3 amide bonds. The summed E-state index contributed by atoms with van der Waals surface area (Å²) in [7, 11) is 1.52. The molecule has 198 valence electrons. The minimum atomic E-state index is -1.03. The Morgan fingerprint density at radius 1 is 1.27 bits per heavy atom. The van der Waals surface area contributed by atoms with Crippen LogP contribution in [-0.4, -0.2) is 59.2 Å². The largest absolute Gasteiger partial charge is 0.496 e. The van der Waals surface area contributed by atoms with E-state index in [4.69, 9.17) is 16.3 Å². The van der Waals surface area contributed by atoms with Crippen molar-refractivity contribution in [3.63, 3.8) is 0 Å². The summed E-state index contributed by atoms with van der Waals surface area (Å²) in [6.45, 7) is 3.47. The summed E-state index contributed by atoms with van der Waals surface area (Å²) in [5.41, 5.74) is 4.15. The molecule has 1 aliphatic rings.